The van der Waals surface area contributed by atoms with Crippen LogP contribution in [0.25, 0.3) is 0 Å². The summed E-state index contributed by atoms with van der Waals surface area (Å²) < 4.78 is 5.90. The second-order valence-corrected chi connectivity index (χ2v) is 9.56. The van der Waals surface area contributed by atoms with Crippen molar-refractivity contribution in [2.75, 3.05) is 44.7 Å². The Hall–Kier alpha value is -1.79. The molecule has 2 N–H and O–H groups in total. The number of nitrogens with one attached hydrogen (secondary N) is 2. The van der Waals surface area contributed by atoms with E-state index in [0.29, 0.717) is 0 Å². The fraction of sp³-hybridized carbons (Fsp3) is 0.708. The lowest BCUT2D eigenvalue weighted by Gasteiger charge is -2.45. The first kappa shape index (κ1) is 22.9. The molecule has 2 fully saturated rings. The summed E-state index contributed by atoms with van der Waals surface area (Å²) in [5.74, 6) is 0.844. The average Bonchev–Trinajstić information content (AvgIpc) is 3.25. The van der Waals surface area contributed by atoms with Gasteiger partial charge in [-0.3, -0.25) is 9.89 Å². The number of benzene rings is 1. The molecule has 30 heavy (non-hydrogen) atoms. The maximum absolute atomic E-state index is 5.90. The van der Waals surface area contributed by atoms with Gasteiger partial charge in [-0.05, 0) is 65.2 Å². The lowest BCUT2D eigenvalue weighted by Crippen LogP contribution is -2.59. The van der Waals surface area contributed by atoms with Gasteiger partial charge >= 0.3 is 0 Å². The SMILES string of the molecule is CN=C(NCC(C)(C)N1CC(C)OC(C)C1)NC(C)c1cccc(N2CCCC2)c1. The molecule has 3 atom stereocenters. The van der Waals surface area contributed by atoms with Crippen molar-refractivity contribution in [1.29, 1.82) is 0 Å². The molecule has 2 heterocycles. The Labute approximate surface area is 183 Å². The van der Waals surface area contributed by atoms with Gasteiger partial charge in [-0.2, -0.15) is 0 Å². The molecule has 0 spiro atoms. The highest BCUT2D eigenvalue weighted by atomic mass is 16.5. The van der Waals surface area contributed by atoms with Gasteiger partial charge < -0.3 is 20.3 Å². The predicted molar refractivity (Wildman–Crippen MR) is 126 cm³/mol. The molecule has 1 aromatic rings. The van der Waals surface area contributed by atoms with Gasteiger partial charge in [0.15, 0.2) is 5.96 Å². The Morgan fingerprint density at radius 1 is 1.20 bits per heavy atom. The number of rotatable bonds is 6. The van der Waals surface area contributed by atoms with Gasteiger partial charge in [0.05, 0.1) is 18.2 Å². The number of guanidine groups is 1. The zero-order chi connectivity index (χ0) is 21.7. The van der Waals surface area contributed by atoms with E-state index >= 15 is 0 Å². The number of anilines is 1. The normalized spacial score (nSPS) is 24.7. The fourth-order valence-corrected chi connectivity index (χ4v) is 4.53. The van der Waals surface area contributed by atoms with E-state index in [1.54, 1.807) is 0 Å². The van der Waals surface area contributed by atoms with E-state index in [1.807, 2.05) is 7.05 Å². The van der Waals surface area contributed by atoms with Crippen LogP contribution in [0.2, 0.25) is 0 Å². The van der Waals surface area contributed by atoms with Crippen molar-refractivity contribution >= 4 is 11.6 Å². The number of hydrogen-bond acceptors (Lipinski definition) is 4. The lowest BCUT2D eigenvalue weighted by atomic mass is 10.00. The molecule has 3 unspecified atom stereocenters. The van der Waals surface area contributed by atoms with Crippen LogP contribution in [-0.4, -0.2) is 68.4 Å². The van der Waals surface area contributed by atoms with Gasteiger partial charge in [0.2, 0.25) is 0 Å². The molecule has 168 valence electrons. The van der Waals surface area contributed by atoms with Crippen molar-refractivity contribution < 1.29 is 4.74 Å². The fourth-order valence-electron chi connectivity index (χ4n) is 4.53. The minimum Gasteiger partial charge on any atom is -0.373 e. The molecule has 6 heteroatoms. The van der Waals surface area contributed by atoms with Gasteiger partial charge in [-0.25, -0.2) is 0 Å². The third-order valence-electron chi connectivity index (χ3n) is 6.38. The molecule has 6 nitrogen and oxygen atoms in total. The van der Waals surface area contributed by atoms with Crippen LogP contribution in [0.15, 0.2) is 29.3 Å². The van der Waals surface area contributed by atoms with Crippen LogP contribution >= 0.6 is 0 Å². The van der Waals surface area contributed by atoms with E-state index < -0.39 is 0 Å². The van der Waals surface area contributed by atoms with Crippen LogP contribution in [-0.2, 0) is 4.74 Å². The van der Waals surface area contributed by atoms with Gasteiger partial charge in [0, 0.05) is 51.0 Å². The van der Waals surface area contributed by atoms with Crippen molar-refractivity contribution in [3.8, 4) is 0 Å². The summed E-state index contributed by atoms with van der Waals surface area (Å²) in [4.78, 5) is 9.48. The Kier molecular flexibility index (Phi) is 7.64. The van der Waals surface area contributed by atoms with Crippen molar-refractivity contribution in [1.82, 2.24) is 15.5 Å². The highest BCUT2D eigenvalue weighted by Crippen LogP contribution is 2.24. The van der Waals surface area contributed by atoms with Crippen molar-refractivity contribution in [3.05, 3.63) is 29.8 Å². The summed E-state index contributed by atoms with van der Waals surface area (Å²) in [5.41, 5.74) is 2.64. The smallest absolute Gasteiger partial charge is 0.191 e. The Morgan fingerprint density at radius 3 is 2.50 bits per heavy atom. The monoisotopic (exact) mass is 415 g/mol. The van der Waals surface area contributed by atoms with Gasteiger partial charge in [0.25, 0.3) is 0 Å². The molecule has 1 aromatic carbocycles. The molecule has 2 aliphatic rings. The molecule has 2 aliphatic heterocycles. The lowest BCUT2D eigenvalue weighted by molar-refractivity contribution is -0.0946. The summed E-state index contributed by atoms with van der Waals surface area (Å²) >= 11 is 0. The van der Waals surface area contributed by atoms with Crippen molar-refractivity contribution in [3.63, 3.8) is 0 Å². The number of aliphatic imine (C=N–C) groups is 1. The second kappa shape index (κ2) is 10.0. The van der Waals surface area contributed by atoms with Gasteiger partial charge in [-0.15, -0.1) is 0 Å². The highest BCUT2D eigenvalue weighted by molar-refractivity contribution is 5.80. The Balaban J connectivity index is 1.57. The third-order valence-corrected chi connectivity index (χ3v) is 6.38. The Bertz CT molecular complexity index is 703. The van der Waals surface area contributed by atoms with E-state index in [9.17, 15) is 0 Å². The zero-order valence-electron chi connectivity index (χ0n) is 19.7. The summed E-state index contributed by atoms with van der Waals surface area (Å²) in [6.45, 7) is 16.2. The zero-order valence-corrected chi connectivity index (χ0v) is 19.7. The second-order valence-electron chi connectivity index (χ2n) is 9.56. The van der Waals surface area contributed by atoms with Crippen LogP contribution in [0.1, 0.15) is 59.1 Å². The maximum Gasteiger partial charge on any atom is 0.191 e. The van der Waals surface area contributed by atoms with E-state index in [-0.39, 0.29) is 23.8 Å². The van der Waals surface area contributed by atoms with E-state index in [4.69, 9.17) is 4.74 Å². The van der Waals surface area contributed by atoms with Crippen LogP contribution in [0.3, 0.4) is 0 Å². The molecule has 0 amide bonds. The highest BCUT2D eigenvalue weighted by Gasteiger charge is 2.33. The molecular weight excluding hydrogens is 374 g/mol. The molecular formula is C24H41N5O. The first-order valence-corrected chi connectivity index (χ1v) is 11.5. The summed E-state index contributed by atoms with van der Waals surface area (Å²) in [6, 6.07) is 9.09. The average molecular weight is 416 g/mol. The first-order chi connectivity index (χ1) is 14.3. The van der Waals surface area contributed by atoms with E-state index in [1.165, 1.54) is 37.2 Å². The van der Waals surface area contributed by atoms with E-state index in [0.717, 1.165) is 25.6 Å². The number of hydrogen-bond donors (Lipinski definition) is 2. The molecule has 3 rings (SSSR count). The first-order valence-electron chi connectivity index (χ1n) is 11.5. The summed E-state index contributed by atoms with van der Waals surface area (Å²) in [7, 11) is 1.84. The number of ether oxygens (including phenoxy) is 1. The molecule has 0 saturated carbocycles. The molecule has 2 saturated heterocycles. The largest absolute Gasteiger partial charge is 0.373 e. The maximum atomic E-state index is 5.90. The number of morpholine rings is 1. The molecule has 0 aromatic heterocycles. The van der Waals surface area contributed by atoms with Crippen LogP contribution in [0.4, 0.5) is 5.69 Å². The van der Waals surface area contributed by atoms with Gasteiger partial charge in [0.1, 0.15) is 0 Å². The summed E-state index contributed by atoms with van der Waals surface area (Å²) in [6.07, 6.45) is 3.14. The molecule has 0 aliphatic carbocycles. The summed E-state index contributed by atoms with van der Waals surface area (Å²) in [5, 5.41) is 7.12. The van der Waals surface area contributed by atoms with Crippen molar-refractivity contribution in [2.24, 2.45) is 4.99 Å². The quantitative estimate of drug-likeness (QED) is 0.551. The standard InChI is InChI=1S/C24H41N5O/c1-18-15-29(16-19(2)30-18)24(4,5)17-26-23(25-6)27-20(3)21-10-9-11-22(14-21)28-12-7-8-13-28/h9-11,14,18-20H,7-8,12-13,15-17H2,1-6H3,(H2,25,26,27). The minimum atomic E-state index is 0.0167. The topological polar surface area (TPSA) is 52.1 Å². The van der Waals surface area contributed by atoms with Crippen LogP contribution in [0.5, 0.6) is 0 Å². The van der Waals surface area contributed by atoms with Gasteiger partial charge in [-0.1, -0.05) is 12.1 Å². The predicted octanol–water partition coefficient (Wildman–Crippen LogP) is 3.40. The van der Waals surface area contributed by atoms with Crippen LogP contribution < -0.4 is 15.5 Å². The van der Waals surface area contributed by atoms with Crippen molar-refractivity contribution in [2.45, 2.75) is 71.2 Å². The third kappa shape index (κ3) is 5.88. The number of nitrogens with zero attached hydrogens (tertiary/aromatic N) is 3. The Morgan fingerprint density at radius 2 is 1.87 bits per heavy atom. The minimum absolute atomic E-state index is 0.0167. The van der Waals surface area contributed by atoms with Crippen LogP contribution in [0, 0.1) is 0 Å². The molecule has 0 radical (unpaired) electrons. The van der Waals surface area contributed by atoms with E-state index in [2.05, 4.69) is 84.3 Å². The molecule has 0 bridgehead atoms.